The average molecular weight is 472 g/mol. The lowest BCUT2D eigenvalue weighted by Gasteiger charge is -2.33. The van der Waals surface area contributed by atoms with Crippen LogP contribution in [0.4, 0.5) is 17.1 Å². The number of thiophene rings is 1. The quantitative estimate of drug-likeness (QED) is 0.237. The molecule has 1 aliphatic heterocycles. The van der Waals surface area contributed by atoms with Gasteiger partial charge in [0.2, 0.25) is 0 Å². The third kappa shape index (κ3) is 2.47. The molecule has 4 heteroatoms. The van der Waals surface area contributed by atoms with Crippen LogP contribution in [0.25, 0.3) is 42.1 Å². The molecule has 5 aromatic carbocycles. The monoisotopic (exact) mass is 471 g/mol. The maximum atomic E-state index is 6.50. The van der Waals surface area contributed by atoms with Crippen molar-refractivity contribution >= 4 is 82.3 Å². The van der Waals surface area contributed by atoms with Crippen LogP contribution >= 0.6 is 23.1 Å². The Balaban J connectivity index is 1.53. The van der Waals surface area contributed by atoms with Crippen LogP contribution in [0.1, 0.15) is 0 Å². The predicted molar refractivity (Wildman–Crippen MR) is 145 cm³/mol. The van der Waals surface area contributed by atoms with E-state index in [-0.39, 0.29) is 0 Å². The molecule has 160 valence electrons. The van der Waals surface area contributed by atoms with Gasteiger partial charge in [0.25, 0.3) is 0 Å². The molecule has 0 radical (unpaired) electrons. The van der Waals surface area contributed by atoms with Crippen LogP contribution in [0.5, 0.6) is 0 Å². The summed E-state index contributed by atoms with van der Waals surface area (Å²) in [7, 11) is 0. The van der Waals surface area contributed by atoms with Crippen molar-refractivity contribution in [1.29, 1.82) is 0 Å². The first kappa shape index (κ1) is 18.7. The summed E-state index contributed by atoms with van der Waals surface area (Å²) in [4.78, 5) is 4.97. The van der Waals surface area contributed by atoms with Gasteiger partial charge >= 0.3 is 0 Å². The van der Waals surface area contributed by atoms with Crippen molar-refractivity contribution in [2.24, 2.45) is 0 Å². The number of rotatable bonds is 1. The molecule has 0 fully saturated rings. The third-order valence-corrected chi connectivity index (χ3v) is 8.91. The van der Waals surface area contributed by atoms with Crippen molar-refractivity contribution in [2.75, 3.05) is 4.90 Å². The molecule has 0 atom stereocenters. The van der Waals surface area contributed by atoms with Gasteiger partial charge < -0.3 is 9.32 Å². The van der Waals surface area contributed by atoms with E-state index in [9.17, 15) is 0 Å². The van der Waals surface area contributed by atoms with E-state index in [0.29, 0.717) is 0 Å². The molecule has 0 amide bonds. The van der Waals surface area contributed by atoms with Crippen LogP contribution in [0, 0.1) is 0 Å². The molecule has 0 unspecified atom stereocenters. The van der Waals surface area contributed by atoms with E-state index in [1.165, 1.54) is 57.8 Å². The number of hydrogen-bond donors (Lipinski definition) is 0. The Morgan fingerprint density at radius 3 is 2.03 bits per heavy atom. The van der Waals surface area contributed by atoms with Crippen LogP contribution in [0.2, 0.25) is 0 Å². The van der Waals surface area contributed by atoms with Crippen LogP contribution in [0.3, 0.4) is 0 Å². The van der Waals surface area contributed by atoms with Gasteiger partial charge in [-0.3, -0.25) is 0 Å². The second-order valence-corrected chi connectivity index (χ2v) is 10.7. The van der Waals surface area contributed by atoms with Gasteiger partial charge in [-0.15, -0.1) is 11.3 Å². The number of hydrogen-bond acceptors (Lipinski definition) is 4. The van der Waals surface area contributed by atoms with Crippen LogP contribution < -0.4 is 4.90 Å². The lowest BCUT2D eigenvalue weighted by Crippen LogP contribution is -2.14. The van der Waals surface area contributed by atoms with Gasteiger partial charge in [0.15, 0.2) is 0 Å². The van der Waals surface area contributed by atoms with Gasteiger partial charge in [-0.05, 0) is 54.6 Å². The zero-order chi connectivity index (χ0) is 22.2. The smallest absolute Gasteiger partial charge is 0.144 e. The fourth-order valence-corrected chi connectivity index (χ4v) is 7.40. The average Bonchev–Trinajstić information content (AvgIpc) is 3.45. The molecule has 0 spiro atoms. The minimum Gasteiger partial charge on any atom is -0.455 e. The highest BCUT2D eigenvalue weighted by atomic mass is 32.2. The molecule has 0 aliphatic carbocycles. The molecule has 0 N–H and O–H groups in total. The minimum absolute atomic E-state index is 0.937. The highest BCUT2D eigenvalue weighted by Gasteiger charge is 2.27. The molecule has 3 heterocycles. The Kier molecular flexibility index (Phi) is 3.78. The topological polar surface area (TPSA) is 16.4 Å². The minimum atomic E-state index is 0.937. The number of fused-ring (bicyclic) bond motifs is 9. The Morgan fingerprint density at radius 2 is 1.21 bits per heavy atom. The summed E-state index contributed by atoms with van der Waals surface area (Å²) in [6, 6.07) is 36.8. The van der Waals surface area contributed by atoms with Gasteiger partial charge in [-0.2, -0.15) is 0 Å². The summed E-state index contributed by atoms with van der Waals surface area (Å²) < 4.78 is 9.02. The molecule has 7 aromatic rings. The fourth-order valence-electron chi connectivity index (χ4n) is 5.22. The second kappa shape index (κ2) is 6.89. The number of para-hydroxylation sites is 3. The normalized spacial score (nSPS) is 13.1. The zero-order valence-electron chi connectivity index (χ0n) is 18.0. The van der Waals surface area contributed by atoms with Gasteiger partial charge in [-0.25, -0.2) is 0 Å². The molecular formula is C30H17NOS2. The fraction of sp³-hybridized carbons (Fsp3) is 0. The SMILES string of the molecule is c1ccc2c(c1)Sc1ccccc1N2c1cccc2sc3ccc4c5ccccc5oc4c3c12. The Bertz CT molecular complexity index is 1870. The van der Waals surface area contributed by atoms with Crippen molar-refractivity contribution in [1.82, 2.24) is 0 Å². The van der Waals surface area contributed by atoms with Crippen molar-refractivity contribution in [3.05, 3.63) is 103 Å². The first-order valence-electron chi connectivity index (χ1n) is 11.3. The van der Waals surface area contributed by atoms with E-state index in [2.05, 4.69) is 102 Å². The summed E-state index contributed by atoms with van der Waals surface area (Å²) in [6.07, 6.45) is 0. The first-order valence-corrected chi connectivity index (χ1v) is 12.9. The number of benzene rings is 5. The van der Waals surface area contributed by atoms with Gasteiger partial charge in [0, 0.05) is 40.7 Å². The summed E-state index contributed by atoms with van der Waals surface area (Å²) >= 11 is 3.68. The van der Waals surface area contributed by atoms with Crippen molar-refractivity contribution in [2.45, 2.75) is 9.79 Å². The second-order valence-electron chi connectivity index (χ2n) is 8.54. The van der Waals surface area contributed by atoms with Gasteiger partial charge in [0.1, 0.15) is 11.2 Å². The predicted octanol–water partition coefficient (Wildman–Crippen LogP) is 9.89. The van der Waals surface area contributed by atoms with Crippen molar-refractivity contribution in [3.8, 4) is 0 Å². The largest absolute Gasteiger partial charge is 0.455 e. The summed E-state index contributed by atoms with van der Waals surface area (Å²) in [5.74, 6) is 0. The van der Waals surface area contributed by atoms with E-state index in [1.807, 2.05) is 29.2 Å². The van der Waals surface area contributed by atoms with Crippen molar-refractivity contribution < 1.29 is 4.42 Å². The van der Waals surface area contributed by atoms with Crippen LogP contribution in [-0.2, 0) is 0 Å². The van der Waals surface area contributed by atoms with E-state index in [1.54, 1.807) is 0 Å². The zero-order valence-corrected chi connectivity index (χ0v) is 19.6. The molecule has 34 heavy (non-hydrogen) atoms. The maximum absolute atomic E-state index is 6.50. The lowest BCUT2D eigenvalue weighted by molar-refractivity contribution is 0.673. The molecule has 8 rings (SSSR count). The third-order valence-electron chi connectivity index (χ3n) is 6.66. The van der Waals surface area contributed by atoms with Crippen LogP contribution in [-0.4, -0.2) is 0 Å². The lowest BCUT2D eigenvalue weighted by atomic mass is 10.0. The number of furan rings is 1. The first-order chi connectivity index (χ1) is 16.9. The van der Waals surface area contributed by atoms with Crippen molar-refractivity contribution in [3.63, 3.8) is 0 Å². The Labute approximate surface area is 204 Å². The summed E-state index contributed by atoms with van der Waals surface area (Å²) in [5.41, 5.74) is 5.54. The number of nitrogens with zero attached hydrogens (tertiary/aromatic N) is 1. The van der Waals surface area contributed by atoms with Crippen LogP contribution in [0.15, 0.2) is 117 Å². The van der Waals surface area contributed by atoms with E-state index in [4.69, 9.17) is 4.42 Å². The molecular weight excluding hydrogens is 454 g/mol. The Morgan fingerprint density at radius 1 is 0.529 bits per heavy atom. The summed E-state index contributed by atoms with van der Waals surface area (Å²) in [5, 5.41) is 4.80. The number of anilines is 3. The van der Waals surface area contributed by atoms with E-state index in [0.717, 1.165) is 11.2 Å². The Hall–Kier alpha value is -3.73. The standard InChI is InChI=1S/C30H17NOS2/c1-4-12-23-18(8-1)19-16-17-27-29(30(19)32-23)28-22(11-7-15-26(28)34-27)31-20-9-2-5-13-24(20)33-25-14-6-3-10-21(25)31/h1-17H. The van der Waals surface area contributed by atoms with Gasteiger partial charge in [-0.1, -0.05) is 60.3 Å². The molecule has 0 saturated carbocycles. The molecule has 0 bridgehead atoms. The highest BCUT2D eigenvalue weighted by Crippen LogP contribution is 2.54. The molecule has 2 aromatic heterocycles. The van der Waals surface area contributed by atoms with Gasteiger partial charge in [0.05, 0.1) is 17.1 Å². The summed E-state index contributed by atoms with van der Waals surface area (Å²) in [6.45, 7) is 0. The highest BCUT2D eigenvalue weighted by molar-refractivity contribution is 7.99. The van der Waals surface area contributed by atoms with E-state index < -0.39 is 0 Å². The maximum Gasteiger partial charge on any atom is 0.144 e. The molecule has 2 nitrogen and oxygen atoms in total. The molecule has 0 saturated heterocycles. The van der Waals surface area contributed by atoms with E-state index >= 15 is 0 Å². The molecule has 1 aliphatic rings.